The quantitative estimate of drug-likeness (QED) is 0.778. The summed E-state index contributed by atoms with van der Waals surface area (Å²) in [5.74, 6) is 2.28. The van der Waals surface area contributed by atoms with Crippen molar-refractivity contribution in [2.75, 3.05) is 13.1 Å². The van der Waals surface area contributed by atoms with Crippen molar-refractivity contribution in [3.8, 4) is 11.3 Å². The second-order valence-corrected chi connectivity index (χ2v) is 5.22. The minimum atomic E-state index is 0.693. The van der Waals surface area contributed by atoms with E-state index in [1.807, 2.05) is 13.2 Å². The summed E-state index contributed by atoms with van der Waals surface area (Å²) in [5, 5.41) is 7.54. The number of aromatic nitrogens is 3. The fourth-order valence-electron chi connectivity index (χ4n) is 1.86. The number of hydrogen-bond acceptors (Lipinski definition) is 4. The average Bonchev–Trinajstić information content (AvgIpc) is 2.97. The van der Waals surface area contributed by atoms with E-state index >= 15 is 0 Å². The van der Waals surface area contributed by atoms with Crippen molar-refractivity contribution < 1.29 is 4.42 Å². The number of aryl methyl sites for hydroxylation is 2. The molecule has 2 rings (SSSR count). The van der Waals surface area contributed by atoms with Crippen LogP contribution in [-0.4, -0.2) is 27.9 Å². The zero-order valence-electron chi connectivity index (χ0n) is 11.9. The smallest absolute Gasteiger partial charge is 0.194 e. The predicted molar refractivity (Wildman–Crippen MR) is 74.7 cm³/mol. The van der Waals surface area contributed by atoms with Crippen LogP contribution < -0.4 is 5.32 Å². The van der Waals surface area contributed by atoms with Crippen molar-refractivity contribution in [1.82, 2.24) is 20.1 Å². The van der Waals surface area contributed by atoms with Gasteiger partial charge in [-0.05, 0) is 25.4 Å². The van der Waals surface area contributed by atoms with E-state index in [1.165, 1.54) is 0 Å². The number of nitrogens with one attached hydrogen (secondary N) is 1. The first-order chi connectivity index (χ1) is 9.15. The van der Waals surface area contributed by atoms with Gasteiger partial charge in [0.15, 0.2) is 11.7 Å². The fraction of sp³-hybridized carbons (Fsp3) is 0.571. The summed E-state index contributed by atoms with van der Waals surface area (Å²) in [6.45, 7) is 6.48. The van der Waals surface area contributed by atoms with Crippen LogP contribution in [0.3, 0.4) is 0 Å². The Morgan fingerprint density at radius 3 is 2.89 bits per heavy atom. The van der Waals surface area contributed by atoms with Crippen LogP contribution in [-0.2, 0) is 13.5 Å². The van der Waals surface area contributed by atoms with E-state index in [0.29, 0.717) is 5.92 Å². The maximum atomic E-state index is 5.72. The molecule has 2 aromatic heterocycles. The molecule has 0 aromatic carbocycles. The van der Waals surface area contributed by atoms with E-state index in [-0.39, 0.29) is 0 Å². The fourth-order valence-corrected chi connectivity index (χ4v) is 1.86. The van der Waals surface area contributed by atoms with Gasteiger partial charge in [0.25, 0.3) is 0 Å². The summed E-state index contributed by atoms with van der Waals surface area (Å²) in [6.07, 6.45) is 7.39. The molecule has 5 heteroatoms. The first-order valence-corrected chi connectivity index (χ1v) is 6.79. The molecule has 0 radical (unpaired) electrons. The van der Waals surface area contributed by atoms with Gasteiger partial charge in [-0.1, -0.05) is 13.8 Å². The molecule has 104 valence electrons. The van der Waals surface area contributed by atoms with E-state index in [0.717, 1.165) is 43.1 Å². The minimum absolute atomic E-state index is 0.693. The second-order valence-electron chi connectivity index (χ2n) is 5.22. The van der Waals surface area contributed by atoms with Crippen molar-refractivity contribution in [3.05, 3.63) is 24.5 Å². The van der Waals surface area contributed by atoms with Gasteiger partial charge in [-0.2, -0.15) is 5.10 Å². The minimum Gasteiger partial charge on any atom is -0.441 e. The lowest BCUT2D eigenvalue weighted by molar-refractivity contribution is 0.483. The molecule has 0 saturated heterocycles. The summed E-state index contributed by atoms with van der Waals surface area (Å²) < 4.78 is 7.48. The summed E-state index contributed by atoms with van der Waals surface area (Å²) in [6, 6.07) is 0. The van der Waals surface area contributed by atoms with E-state index in [2.05, 4.69) is 29.2 Å². The van der Waals surface area contributed by atoms with Crippen LogP contribution >= 0.6 is 0 Å². The average molecular weight is 262 g/mol. The van der Waals surface area contributed by atoms with Crippen LogP contribution in [0.15, 0.2) is 23.0 Å². The molecule has 0 atom stereocenters. The lowest BCUT2D eigenvalue weighted by atomic mass is 10.2. The number of nitrogens with zero attached hydrogens (tertiary/aromatic N) is 3. The molecule has 5 nitrogen and oxygen atoms in total. The van der Waals surface area contributed by atoms with Crippen LogP contribution in [0.25, 0.3) is 11.3 Å². The Hall–Kier alpha value is -1.62. The van der Waals surface area contributed by atoms with Crippen molar-refractivity contribution in [2.45, 2.75) is 26.7 Å². The highest BCUT2D eigenvalue weighted by atomic mass is 16.4. The van der Waals surface area contributed by atoms with Crippen LogP contribution in [0.4, 0.5) is 0 Å². The van der Waals surface area contributed by atoms with E-state index in [9.17, 15) is 0 Å². The normalized spacial score (nSPS) is 11.4. The first kappa shape index (κ1) is 13.8. The van der Waals surface area contributed by atoms with Crippen LogP contribution in [0.5, 0.6) is 0 Å². The maximum Gasteiger partial charge on any atom is 0.194 e. The Morgan fingerprint density at radius 1 is 1.37 bits per heavy atom. The second kappa shape index (κ2) is 6.52. The standard InChI is InChI=1S/C14H22N4O/c1-11(2)7-15-6-4-5-14-16-9-13(19-14)12-8-17-18(3)10-12/h8-11,15H,4-7H2,1-3H3. The van der Waals surface area contributed by atoms with Gasteiger partial charge in [0, 0.05) is 19.7 Å². The molecule has 19 heavy (non-hydrogen) atoms. The Bertz CT molecular complexity index is 501. The largest absolute Gasteiger partial charge is 0.441 e. The molecular formula is C14H22N4O. The number of rotatable bonds is 7. The van der Waals surface area contributed by atoms with Crippen LogP contribution in [0.2, 0.25) is 0 Å². The van der Waals surface area contributed by atoms with Gasteiger partial charge >= 0.3 is 0 Å². The Kier molecular flexibility index (Phi) is 4.74. The molecule has 0 spiro atoms. The molecular weight excluding hydrogens is 240 g/mol. The molecule has 0 saturated carbocycles. The third-order valence-electron chi connectivity index (χ3n) is 2.84. The van der Waals surface area contributed by atoms with Gasteiger partial charge in [-0.25, -0.2) is 4.98 Å². The molecule has 2 heterocycles. The third-order valence-corrected chi connectivity index (χ3v) is 2.84. The highest BCUT2D eigenvalue weighted by Gasteiger charge is 2.07. The van der Waals surface area contributed by atoms with Gasteiger partial charge in [-0.15, -0.1) is 0 Å². The molecule has 2 aromatic rings. The van der Waals surface area contributed by atoms with Crippen LogP contribution in [0.1, 0.15) is 26.2 Å². The first-order valence-electron chi connectivity index (χ1n) is 6.79. The third kappa shape index (κ3) is 4.21. The maximum absolute atomic E-state index is 5.72. The SMILES string of the molecule is CC(C)CNCCCc1ncc(-c2cnn(C)c2)o1. The summed E-state index contributed by atoms with van der Waals surface area (Å²) in [7, 11) is 1.89. The van der Waals surface area contributed by atoms with Gasteiger partial charge in [0.1, 0.15) is 0 Å². The van der Waals surface area contributed by atoms with Crippen molar-refractivity contribution in [3.63, 3.8) is 0 Å². The molecule has 0 aliphatic heterocycles. The molecule has 0 fully saturated rings. The predicted octanol–water partition coefficient (Wildman–Crippen LogP) is 2.25. The Balaban J connectivity index is 1.78. The summed E-state index contributed by atoms with van der Waals surface area (Å²) in [4.78, 5) is 4.30. The lowest BCUT2D eigenvalue weighted by Gasteiger charge is -2.05. The highest BCUT2D eigenvalue weighted by Crippen LogP contribution is 2.19. The highest BCUT2D eigenvalue weighted by molar-refractivity contribution is 5.53. The number of oxazole rings is 1. The zero-order valence-corrected chi connectivity index (χ0v) is 11.9. The van der Waals surface area contributed by atoms with Gasteiger partial charge in [0.2, 0.25) is 0 Å². The van der Waals surface area contributed by atoms with Gasteiger partial charge < -0.3 is 9.73 Å². The summed E-state index contributed by atoms with van der Waals surface area (Å²) in [5.41, 5.74) is 0.971. The van der Waals surface area contributed by atoms with E-state index in [4.69, 9.17) is 4.42 Å². The molecule has 0 unspecified atom stereocenters. The van der Waals surface area contributed by atoms with Crippen LogP contribution in [0, 0.1) is 5.92 Å². The van der Waals surface area contributed by atoms with E-state index < -0.39 is 0 Å². The number of hydrogen-bond donors (Lipinski definition) is 1. The van der Waals surface area contributed by atoms with Gasteiger partial charge in [0.05, 0.1) is 18.0 Å². The lowest BCUT2D eigenvalue weighted by Crippen LogP contribution is -2.21. The molecule has 0 aliphatic rings. The Labute approximate surface area is 114 Å². The van der Waals surface area contributed by atoms with E-state index in [1.54, 1.807) is 17.1 Å². The molecule has 1 N–H and O–H groups in total. The van der Waals surface area contributed by atoms with Crippen molar-refractivity contribution in [1.29, 1.82) is 0 Å². The zero-order chi connectivity index (χ0) is 13.7. The monoisotopic (exact) mass is 262 g/mol. The molecule has 0 bridgehead atoms. The van der Waals surface area contributed by atoms with Crippen molar-refractivity contribution in [2.24, 2.45) is 13.0 Å². The topological polar surface area (TPSA) is 55.9 Å². The Morgan fingerprint density at radius 2 is 2.21 bits per heavy atom. The van der Waals surface area contributed by atoms with Gasteiger partial charge in [-0.3, -0.25) is 4.68 Å². The molecule has 0 amide bonds. The molecule has 0 aliphatic carbocycles. The van der Waals surface area contributed by atoms with Crippen molar-refractivity contribution >= 4 is 0 Å². The summed E-state index contributed by atoms with van der Waals surface area (Å²) >= 11 is 0.